The van der Waals surface area contributed by atoms with Crippen molar-refractivity contribution in [1.82, 2.24) is 4.90 Å². The second-order valence-corrected chi connectivity index (χ2v) is 14.5. The van der Waals surface area contributed by atoms with Gasteiger partial charge < -0.3 is 26.0 Å². The Kier molecular flexibility index (Phi) is 39.5. The molecule has 0 fully saturated rings. The van der Waals surface area contributed by atoms with Crippen LogP contribution in [-0.2, 0) is 14.4 Å². The second kappa shape index (κ2) is 39.1. The summed E-state index contributed by atoms with van der Waals surface area (Å²) in [4.78, 5) is 40.7. The van der Waals surface area contributed by atoms with Crippen molar-refractivity contribution >= 4 is 29.9 Å². The molecule has 0 saturated heterocycles. The normalized spacial score (nSPS) is 13.3. The third-order valence-corrected chi connectivity index (χ3v) is 9.90. The zero-order valence-electron chi connectivity index (χ0n) is 33.5. The predicted octanol–water partition coefficient (Wildman–Crippen LogP) is 9.49. The van der Waals surface area contributed by atoms with Crippen molar-refractivity contribution in [3.8, 4) is 0 Å². The number of carbonyl (C=O) groups excluding carboxylic acids is 3. The highest BCUT2D eigenvalue weighted by Crippen LogP contribution is 2.18. The highest BCUT2D eigenvalue weighted by atomic mass is 35.5. The highest BCUT2D eigenvalue weighted by molar-refractivity contribution is 5.95. The molecule has 0 spiro atoms. The van der Waals surface area contributed by atoms with Crippen LogP contribution in [0.2, 0.25) is 0 Å². The molecule has 0 heterocycles. The van der Waals surface area contributed by atoms with E-state index in [-0.39, 0.29) is 36.8 Å². The minimum absolute atomic E-state index is 0. The molecule has 0 bridgehead atoms. The van der Waals surface area contributed by atoms with Gasteiger partial charge in [0.15, 0.2) is 11.6 Å². The number of halogens is 1. The number of aliphatic hydroxyl groups is 3. The third-order valence-electron chi connectivity index (χ3n) is 9.90. The minimum atomic E-state index is -1.35. The first-order valence-electron chi connectivity index (χ1n) is 21.1. The lowest BCUT2D eigenvalue weighted by molar-refractivity contribution is -0.151. The van der Waals surface area contributed by atoms with Crippen LogP contribution in [0.15, 0.2) is 24.3 Å². The smallest absolute Gasteiger partial charge is 0.243 e. The molecule has 9 heteroatoms. The van der Waals surface area contributed by atoms with Gasteiger partial charge in [0, 0.05) is 12.8 Å². The summed E-state index contributed by atoms with van der Waals surface area (Å²) in [5.41, 5.74) is 5.84. The molecule has 0 aliphatic rings. The first-order valence-corrected chi connectivity index (χ1v) is 21.1. The lowest BCUT2D eigenvalue weighted by Gasteiger charge is -2.36. The maximum Gasteiger partial charge on any atom is 0.243 e. The van der Waals surface area contributed by atoms with Crippen molar-refractivity contribution in [2.24, 2.45) is 5.73 Å². The van der Waals surface area contributed by atoms with Crippen molar-refractivity contribution in [2.45, 2.75) is 212 Å². The van der Waals surface area contributed by atoms with Gasteiger partial charge >= 0.3 is 0 Å². The van der Waals surface area contributed by atoms with Gasteiger partial charge in [-0.15, -0.1) is 12.4 Å². The number of aliphatic hydroxyl groups excluding tert-OH is 3. The third kappa shape index (κ3) is 27.9. The number of allylic oxidation sites excluding steroid dienone is 4. The average molecular weight is 758 g/mol. The van der Waals surface area contributed by atoms with E-state index >= 15 is 0 Å². The van der Waals surface area contributed by atoms with Crippen LogP contribution >= 0.6 is 12.4 Å². The molecule has 0 radical (unpaired) electrons. The topological polar surface area (TPSA) is 141 Å². The zero-order valence-corrected chi connectivity index (χ0v) is 34.3. The molecule has 5 N–H and O–H groups in total. The average Bonchev–Trinajstić information content (AvgIpc) is 3.14. The summed E-state index contributed by atoms with van der Waals surface area (Å²) in [7, 11) is 0. The number of nitrogens with two attached hydrogens (primary N) is 1. The Morgan fingerprint density at radius 3 is 1.06 bits per heavy atom. The van der Waals surface area contributed by atoms with Gasteiger partial charge in [-0.2, -0.15) is 0 Å². The molecule has 0 saturated carbocycles. The van der Waals surface area contributed by atoms with Crippen LogP contribution in [0, 0.1) is 0 Å². The molecular formula is C43H81ClN2O6. The van der Waals surface area contributed by atoms with E-state index in [4.69, 9.17) is 5.73 Å². The Morgan fingerprint density at radius 1 is 0.481 bits per heavy atom. The van der Waals surface area contributed by atoms with E-state index in [0.29, 0.717) is 12.8 Å². The monoisotopic (exact) mass is 757 g/mol. The largest absolute Gasteiger partial charge is 0.394 e. The maximum atomic E-state index is 13.3. The Bertz CT molecular complexity index is 839. The van der Waals surface area contributed by atoms with Crippen LogP contribution in [0.5, 0.6) is 0 Å². The van der Waals surface area contributed by atoms with Crippen LogP contribution in [0.4, 0.5) is 0 Å². The Hall–Kier alpha value is -1.58. The predicted molar refractivity (Wildman–Crippen MR) is 220 cm³/mol. The molecule has 3 atom stereocenters. The molecule has 8 nitrogen and oxygen atoms in total. The highest BCUT2D eigenvalue weighted by Gasteiger charge is 2.39. The number of Topliss-reactive ketones (excluding diaryl/α,β-unsaturated/α-hetero) is 2. The summed E-state index contributed by atoms with van der Waals surface area (Å²) in [6.07, 6.45) is 39.0. The number of unbranched alkanes of at least 4 members (excludes halogenated alkanes) is 22. The van der Waals surface area contributed by atoms with Crippen molar-refractivity contribution < 1.29 is 29.7 Å². The van der Waals surface area contributed by atoms with Gasteiger partial charge in [0.1, 0.15) is 18.1 Å². The second-order valence-electron chi connectivity index (χ2n) is 14.5. The van der Waals surface area contributed by atoms with Crippen molar-refractivity contribution in [3.05, 3.63) is 24.3 Å². The van der Waals surface area contributed by atoms with Gasteiger partial charge in [-0.1, -0.05) is 141 Å². The van der Waals surface area contributed by atoms with Gasteiger partial charge in [0.25, 0.3) is 0 Å². The molecule has 0 aliphatic heterocycles. The minimum Gasteiger partial charge on any atom is -0.394 e. The van der Waals surface area contributed by atoms with Gasteiger partial charge in [0.2, 0.25) is 5.91 Å². The molecule has 52 heavy (non-hydrogen) atoms. The van der Waals surface area contributed by atoms with Gasteiger partial charge in [-0.05, 0) is 64.2 Å². The first-order chi connectivity index (χ1) is 24.9. The zero-order chi connectivity index (χ0) is 37.8. The maximum absolute atomic E-state index is 13.3. The first kappa shape index (κ1) is 52.5. The molecule has 306 valence electrons. The van der Waals surface area contributed by atoms with Crippen molar-refractivity contribution in [3.63, 3.8) is 0 Å². The van der Waals surface area contributed by atoms with E-state index in [9.17, 15) is 29.7 Å². The van der Waals surface area contributed by atoms with Gasteiger partial charge in [-0.25, -0.2) is 0 Å². The molecule has 2 unspecified atom stereocenters. The van der Waals surface area contributed by atoms with E-state index in [1.807, 2.05) is 0 Å². The van der Waals surface area contributed by atoms with Crippen LogP contribution in [0.25, 0.3) is 0 Å². The van der Waals surface area contributed by atoms with E-state index in [0.717, 1.165) is 81.9 Å². The molecule has 0 rings (SSSR count). The molecule has 0 aromatic rings. The van der Waals surface area contributed by atoms with Crippen LogP contribution in [0.1, 0.15) is 194 Å². The number of ketones is 2. The van der Waals surface area contributed by atoms with E-state index in [1.165, 1.54) is 77.0 Å². The molecule has 0 aliphatic carbocycles. The standard InChI is InChI=1S/C43H80N2O6.ClH/c1-3-5-7-9-11-13-15-17-19-21-23-25-27-29-31-33-41(49)39(36-47)45(43(51)38(44)35-46)40(37-48)42(50)34-32-30-28-26-24-22-20-18-16-14-12-10-8-6-4-2;/h17-20,38-40,46-48H,3-16,21-37,44H2,1-2H3;1H/b19-17-,20-18-;/t38-,39?,40?;/m0./s1. The Morgan fingerprint density at radius 2 is 0.769 bits per heavy atom. The van der Waals surface area contributed by atoms with Gasteiger partial charge in [-0.3, -0.25) is 14.4 Å². The van der Waals surface area contributed by atoms with E-state index < -0.39 is 43.9 Å². The summed E-state index contributed by atoms with van der Waals surface area (Å²) in [5.74, 6) is -1.53. The fourth-order valence-electron chi connectivity index (χ4n) is 6.56. The number of rotatable bonds is 38. The van der Waals surface area contributed by atoms with Gasteiger partial charge in [0.05, 0.1) is 19.8 Å². The van der Waals surface area contributed by atoms with E-state index in [1.54, 1.807) is 0 Å². The molecule has 1 amide bonds. The Labute approximate surface area is 325 Å². The number of amides is 1. The number of hydrogen-bond donors (Lipinski definition) is 4. The van der Waals surface area contributed by atoms with Crippen LogP contribution in [0.3, 0.4) is 0 Å². The van der Waals surface area contributed by atoms with Crippen LogP contribution < -0.4 is 5.73 Å². The summed E-state index contributed by atoms with van der Waals surface area (Å²) in [6, 6.07) is -3.93. The van der Waals surface area contributed by atoms with Crippen molar-refractivity contribution in [1.29, 1.82) is 0 Å². The summed E-state index contributed by atoms with van der Waals surface area (Å²) >= 11 is 0. The fourth-order valence-corrected chi connectivity index (χ4v) is 6.56. The number of nitrogens with zero attached hydrogens (tertiary/aromatic N) is 1. The lowest BCUT2D eigenvalue weighted by Crippen LogP contribution is -2.60. The summed E-state index contributed by atoms with van der Waals surface area (Å²) in [5, 5.41) is 30.0. The van der Waals surface area contributed by atoms with Crippen molar-refractivity contribution in [2.75, 3.05) is 19.8 Å². The lowest BCUT2D eigenvalue weighted by atomic mass is 9.97. The Balaban J connectivity index is 0. The number of carbonyl (C=O) groups is 3. The molecular weight excluding hydrogens is 676 g/mol. The number of hydrogen-bond acceptors (Lipinski definition) is 7. The summed E-state index contributed by atoms with van der Waals surface area (Å²) in [6.45, 7) is 2.46. The van der Waals surface area contributed by atoms with Crippen LogP contribution in [-0.4, -0.2) is 75.6 Å². The molecule has 0 aromatic carbocycles. The van der Waals surface area contributed by atoms with E-state index in [2.05, 4.69) is 38.2 Å². The quantitative estimate of drug-likeness (QED) is 0.0363. The summed E-state index contributed by atoms with van der Waals surface area (Å²) < 4.78 is 0. The fraction of sp³-hybridized carbons (Fsp3) is 0.837. The molecule has 0 aromatic heterocycles. The SMILES string of the molecule is CCCCCCCC/C=C\CCCCCCCC(=O)C(CO)N(C(=O)[C@@H](N)CO)C(CO)C(=O)CCCCCCC/C=C\CCCCCCCC.Cl.